The molecule has 1 aromatic rings. The van der Waals surface area contributed by atoms with Crippen molar-refractivity contribution in [3.63, 3.8) is 0 Å². The highest BCUT2D eigenvalue weighted by Crippen LogP contribution is 2.19. The van der Waals surface area contributed by atoms with Gasteiger partial charge in [-0.2, -0.15) is 0 Å². The maximum atomic E-state index is 11.7. The fourth-order valence-electron chi connectivity index (χ4n) is 2.17. The quantitative estimate of drug-likeness (QED) is 0.842. The maximum Gasteiger partial charge on any atom is 0.213 e. The van der Waals surface area contributed by atoms with Crippen LogP contribution in [0.15, 0.2) is 18.2 Å². The van der Waals surface area contributed by atoms with E-state index in [2.05, 4.69) is 4.98 Å². The molecule has 0 aromatic carbocycles. The number of piperidine rings is 1. The minimum atomic E-state index is -3.06. The highest BCUT2D eigenvalue weighted by Gasteiger charge is 2.27. The number of ether oxygens (including phenoxy) is 1. The van der Waals surface area contributed by atoms with Crippen LogP contribution in [-0.2, 0) is 10.0 Å². The normalized spacial score (nSPS) is 18.4. The first-order valence-electron chi connectivity index (χ1n) is 6.59. The summed E-state index contributed by atoms with van der Waals surface area (Å²) < 4.78 is 30.8. The summed E-state index contributed by atoms with van der Waals surface area (Å²) in [5, 5.41) is 0. The van der Waals surface area contributed by atoms with Gasteiger partial charge in [-0.15, -0.1) is 0 Å². The number of nitrogens with zero attached hydrogens (tertiary/aromatic N) is 2. The van der Waals surface area contributed by atoms with Crippen LogP contribution in [0.4, 0.5) is 0 Å². The number of aryl methyl sites for hydroxylation is 1. The van der Waals surface area contributed by atoms with Gasteiger partial charge < -0.3 is 4.74 Å². The van der Waals surface area contributed by atoms with Gasteiger partial charge in [0.25, 0.3) is 0 Å². The van der Waals surface area contributed by atoms with E-state index in [1.807, 2.05) is 25.1 Å². The summed E-state index contributed by atoms with van der Waals surface area (Å²) in [6, 6.07) is 5.67. The van der Waals surface area contributed by atoms with Crippen LogP contribution < -0.4 is 4.74 Å². The van der Waals surface area contributed by atoms with Crippen molar-refractivity contribution in [1.29, 1.82) is 0 Å². The molecule has 0 saturated carbocycles. The van der Waals surface area contributed by atoms with Crippen molar-refractivity contribution < 1.29 is 13.2 Å². The molecular formula is C13H20N2O3S. The Morgan fingerprint density at radius 2 is 2.05 bits per heavy atom. The molecule has 0 N–H and O–H groups in total. The van der Waals surface area contributed by atoms with Crippen molar-refractivity contribution in [3.05, 3.63) is 23.9 Å². The summed E-state index contributed by atoms with van der Waals surface area (Å²) in [6.45, 7) is 4.66. The lowest BCUT2D eigenvalue weighted by Gasteiger charge is -2.30. The molecule has 0 amide bonds. The Hall–Kier alpha value is -1.14. The SMILES string of the molecule is CCS(=O)(=O)N1CCC(Oc2cccc(C)n2)CC1. The van der Waals surface area contributed by atoms with E-state index in [0.29, 0.717) is 19.0 Å². The van der Waals surface area contributed by atoms with Crippen molar-refractivity contribution in [3.8, 4) is 5.88 Å². The van der Waals surface area contributed by atoms with Gasteiger partial charge >= 0.3 is 0 Å². The summed E-state index contributed by atoms with van der Waals surface area (Å²) in [5.74, 6) is 0.787. The monoisotopic (exact) mass is 284 g/mol. The molecule has 0 aliphatic carbocycles. The largest absolute Gasteiger partial charge is 0.474 e. The Bertz CT molecular complexity index is 522. The van der Waals surface area contributed by atoms with E-state index in [1.54, 1.807) is 11.2 Å². The number of hydrogen-bond acceptors (Lipinski definition) is 4. The average molecular weight is 284 g/mol. The fourth-order valence-corrected chi connectivity index (χ4v) is 3.30. The van der Waals surface area contributed by atoms with E-state index < -0.39 is 10.0 Å². The second kappa shape index (κ2) is 5.88. The minimum absolute atomic E-state index is 0.0533. The third-order valence-electron chi connectivity index (χ3n) is 3.31. The van der Waals surface area contributed by atoms with E-state index in [4.69, 9.17) is 4.74 Å². The standard InChI is InChI=1S/C13H20N2O3S/c1-3-19(16,17)15-9-7-12(8-10-15)18-13-6-4-5-11(2)14-13/h4-6,12H,3,7-10H2,1-2H3. The van der Waals surface area contributed by atoms with Crippen LogP contribution in [0, 0.1) is 6.92 Å². The lowest BCUT2D eigenvalue weighted by atomic mass is 10.1. The summed E-state index contributed by atoms with van der Waals surface area (Å²) in [7, 11) is -3.06. The molecule has 1 aromatic heterocycles. The third kappa shape index (κ3) is 3.67. The zero-order chi connectivity index (χ0) is 13.9. The Labute approximate surface area is 114 Å². The molecule has 5 nitrogen and oxygen atoms in total. The van der Waals surface area contributed by atoms with Gasteiger partial charge in [-0.1, -0.05) is 6.07 Å². The molecular weight excluding hydrogens is 264 g/mol. The van der Waals surface area contributed by atoms with Gasteiger partial charge in [-0.3, -0.25) is 0 Å². The molecule has 0 bridgehead atoms. The summed E-state index contributed by atoms with van der Waals surface area (Å²) >= 11 is 0. The van der Waals surface area contributed by atoms with Crippen LogP contribution in [0.3, 0.4) is 0 Å². The second-order valence-corrected chi connectivity index (χ2v) is 6.99. The number of sulfonamides is 1. The van der Waals surface area contributed by atoms with Crippen LogP contribution in [0.5, 0.6) is 5.88 Å². The average Bonchev–Trinajstić information content (AvgIpc) is 2.39. The molecule has 106 valence electrons. The molecule has 1 fully saturated rings. The predicted octanol–water partition coefficient (Wildman–Crippen LogP) is 1.58. The fraction of sp³-hybridized carbons (Fsp3) is 0.615. The first kappa shape index (κ1) is 14.3. The number of rotatable bonds is 4. The molecule has 2 rings (SSSR count). The second-order valence-electron chi connectivity index (χ2n) is 4.73. The van der Waals surface area contributed by atoms with E-state index in [1.165, 1.54) is 0 Å². The zero-order valence-electron chi connectivity index (χ0n) is 11.4. The first-order chi connectivity index (χ1) is 9.01. The minimum Gasteiger partial charge on any atom is -0.474 e. The van der Waals surface area contributed by atoms with Crippen LogP contribution in [0.25, 0.3) is 0 Å². The Morgan fingerprint density at radius 1 is 1.37 bits per heavy atom. The zero-order valence-corrected chi connectivity index (χ0v) is 12.2. The summed E-state index contributed by atoms with van der Waals surface area (Å²) in [6.07, 6.45) is 1.49. The van der Waals surface area contributed by atoms with Gasteiger partial charge in [0.15, 0.2) is 0 Å². The molecule has 0 atom stereocenters. The van der Waals surface area contributed by atoms with Gasteiger partial charge in [-0.05, 0) is 32.8 Å². The molecule has 0 spiro atoms. The number of aromatic nitrogens is 1. The number of hydrogen-bond donors (Lipinski definition) is 0. The van der Waals surface area contributed by atoms with E-state index in [-0.39, 0.29) is 11.9 Å². The molecule has 19 heavy (non-hydrogen) atoms. The van der Waals surface area contributed by atoms with Crippen molar-refractivity contribution in [2.24, 2.45) is 0 Å². The highest BCUT2D eigenvalue weighted by atomic mass is 32.2. The predicted molar refractivity (Wildman–Crippen MR) is 73.7 cm³/mol. The smallest absolute Gasteiger partial charge is 0.213 e. The van der Waals surface area contributed by atoms with Crippen molar-refractivity contribution in [2.45, 2.75) is 32.8 Å². The van der Waals surface area contributed by atoms with Gasteiger partial charge in [0, 0.05) is 24.8 Å². The van der Waals surface area contributed by atoms with Gasteiger partial charge in [0.05, 0.1) is 5.75 Å². The van der Waals surface area contributed by atoms with Gasteiger partial charge in [-0.25, -0.2) is 17.7 Å². The first-order valence-corrected chi connectivity index (χ1v) is 8.20. The summed E-state index contributed by atoms with van der Waals surface area (Å²) in [5.41, 5.74) is 0.920. The van der Waals surface area contributed by atoms with Crippen molar-refractivity contribution in [1.82, 2.24) is 9.29 Å². The van der Waals surface area contributed by atoms with Crippen LogP contribution in [0.1, 0.15) is 25.5 Å². The topological polar surface area (TPSA) is 59.5 Å². The molecule has 1 aliphatic heterocycles. The van der Waals surface area contributed by atoms with Crippen molar-refractivity contribution >= 4 is 10.0 Å². The highest BCUT2D eigenvalue weighted by molar-refractivity contribution is 7.89. The lowest BCUT2D eigenvalue weighted by Crippen LogP contribution is -2.42. The molecule has 1 saturated heterocycles. The van der Waals surface area contributed by atoms with Crippen molar-refractivity contribution in [2.75, 3.05) is 18.8 Å². The maximum absolute atomic E-state index is 11.7. The van der Waals surface area contributed by atoms with Crippen LogP contribution in [0.2, 0.25) is 0 Å². The summed E-state index contributed by atoms with van der Waals surface area (Å²) in [4.78, 5) is 4.30. The molecule has 0 unspecified atom stereocenters. The van der Waals surface area contributed by atoms with E-state index in [9.17, 15) is 8.42 Å². The van der Waals surface area contributed by atoms with Gasteiger partial charge in [0.1, 0.15) is 6.10 Å². The van der Waals surface area contributed by atoms with Gasteiger partial charge in [0.2, 0.25) is 15.9 Å². The van der Waals surface area contributed by atoms with E-state index >= 15 is 0 Å². The lowest BCUT2D eigenvalue weighted by molar-refractivity contribution is 0.130. The molecule has 6 heteroatoms. The van der Waals surface area contributed by atoms with Crippen LogP contribution in [-0.4, -0.2) is 42.7 Å². The molecule has 1 aliphatic rings. The Morgan fingerprint density at radius 3 is 2.63 bits per heavy atom. The molecule has 2 heterocycles. The Balaban J connectivity index is 1.91. The van der Waals surface area contributed by atoms with E-state index in [0.717, 1.165) is 18.5 Å². The third-order valence-corrected chi connectivity index (χ3v) is 5.19. The number of pyridine rings is 1. The molecule has 0 radical (unpaired) electrons. The Kier molecular flexibility index (Phi) is 4.42. The van der Waals surface area contributed by atoms with Crippen LogP contribution >= 0.6 is 0 Å².